The van der Waals surface area contributed by atoms with Gasteiger partial charge >= 0.3 is 0 Å². The van der Waals surface area contributed by atoms with Crippen LogP contribution >= 0.6 is 34.5 Å². The third-order valence-corrected chi connectivity index (χ3v) is 4.35. The van der Waals surface area contributed by atoms with Crippen LogP contribution in [0.15, 0.2) is 29.6 Å². The highest BCUT2D eigenvalue weighted by Gasteiger charge is 2.16. The first-order chi connectivity index (χ1) is 8.13. The fourth-order valence-electron chi connectivity index (χ4n) is 1.81. The summed E-state index contributed by atoms with van der Waals surface area (Å²) in [5.41, 5.74) is 8.48. The van der Waals surface area contributed by atoms with Crippen molar-refractivity contribution in [3.63, 3.8) is 0 Å². The lowest BCUT2D eigenvalue weighted by atomic mass is 10.0. The quantitative estimate of drug-likeness (QED) is 0.872. The molecule has 1 heterocycles. The Balaban J connectivity index is 2.40. The van der Waals surface area contributed by atoms with Crippen LogP contribution in [-0.4, -0.2) is 0 Å². The van der Waals surface area contributed by atoms with Crippen LogP contribution in [0, 0.1) is 0 Å². The van der Waals surface area contributed by atoms with Crippen LogP contribution in [0.3, 0.4) is 0 Å². The van der Waals surface area contributed by atoms with Crippen LogP contribution in [0.25, 0.3) is 0 Å². The average Bonchev–Trinajstić information content (AvgIpc) is 2.76. The van der Waals surface area contributed by atoms with Crippen molar-refractivity contribution in [1.29, 1.82) is 0 Å². The molecule has 0 aliphatic heterocycles. The first-order valence-electron chi connectivity index (χ1n) is 5.40. The van der Waals surface area contributed by atoms with E-state index in [-0.39, 0.29) is 6.04 Å². The Bertz CT molecular complexity index is 522. The van der Waals surface area contributed by atoms with Gasteiger partial charge in [0.15, 0.2) is 0 Å². The van der Waals surface area contributed by atoms with Gasteiger partial charge in [-0.1, -0.05) is 36.2 Å². The summed E-state index contributed by atoms with van der Waals surface area (Å²) in [6.45, 7) is 2.13. The molecule has 0 amide bonds. The molecule has 1 aromatic heterocycles. The number of hydrogen-bond donors (Lipinski definition) is 1. The van der Waals surface area contributed by atoms with Gasteiger partial charge in [0.2, 0.25) is 0 Å². The molecule has 0 saturated heterocycles. The number of benzene rings is 1. The van der Waals surface area contributed by atoms with Crippen molar-refractivity contribution in [1.82, 2.24) is 0 Å². The minimum atomic E-state index is -0.172. The molecule has 0 fully saturated rings. The topological polar surface area (TPSA) is 26.0 Å². The van der Waals surface area contributed by atoms with Crippen molar-refractivity contribution in [2.45, 2.75) is 19.4 Å². The van der Waals surface area contributed by atoms with E-state index in [1.807, 2.05) is 12.1 Å². The summed E-state index contributed by atoms with van der Waals surface area (Å²) in [5.74, 6) is 0. The van der Waals surface area contributed by atoms with Gasteiger partial charge < -0.3 is 5.73 Å². The van der Waals surface area contributed by atoms with Crippen molar-refractivity contribution >= 4 is 34.5 Å². The molecule has 2 aromatic rings. The predicted octanol–water partition coefficient (Wildman–Crippen LogP) is 4.67. The number of hydrogen-bond acceptors (Lipinski definition) is 2. The average molecular weight is 286 g/mol. The fraction of sp³-hybridized carbons (Fsp3) is 0.231. The molecule has 0 bridgehead atoms. The zero-order valence-electron chi connectivity index (χ0n) is 9.41. The van der Waals surface area contributed by atoms with Gasteiger partial charge in [-0.2, -0.15) is 0 Å². The van der Waals surface area contributed by atoms with Crippen molar-refractivity contribution in [3.8, 4) is 0 Å². The van der Waals surface area contributed by atoms with E-state index in [2.05, 4.69) is 18.4 Å². The second-order valence-corrected chi connectivity index (χ2v) is 5.60. The van der Waals surface area contributed by atoms with Gasteiger partial charge in [-0.25, -0.2) is 0 Å². The molecule has 0 saturated carbocycles. The summed E-state index contributed by atoms with van der Waals surface area (Å²) in [6.07, 6.45) is 0.984. The van der Waals surface area contributed by atoms with E-state index in [0.29, 0.717) is 10.0 Å². The van der Waals surface area contributed by atoms with Crippen LogP contribution in [0.5, 0.6) is 0 Å². The normalized spacial score (nSPS) is 12.7. The molecule has 0 radical (unpaired) electrons. The van der Waals surface area contributed by atoms with Crippen LogP contribution in [0.4, 0.5) is 0 Å². The lowest BCUT2D eigenvalue weighted by Crippen LogP contribution is -2.12. The van der Waals surface area contributed by atoms with Gasteiger partial charge in [0.25, 0.3) is 0 Å². The van der Waals surface area contributed by atoms with Gasteiger partial charge in [-0.15, -0.1) is 11.3 Å². The molecule has 17 heavy (non-hydrogen) atoms. The van der Waals surface area contributed by atoms with Crippen molar-refractivity contribution in [2.75, 3.05) is 0 Å². The molecule has 0 spiro atoms. The maximum absolute atomic E-state index is 6.27. The van der Waals surface area contributed by atoms with Crippen LogP contribution in [0.1, 0.15) is 29.0 Å². The van der Waals surface area contributed by atoms with Gasteiger partial charge in [-0.3, -0.25) is 0 Å². The van der Waals surface area contributed by atoms with E-state index in [1.165, 1.54) is 10.4 Å². The van der Waals surface area contributed by atoms with Gasteiger partial charge in [-0.05, 0) is 41.1 Å². The second-order valence-electron chi connectivity index (χ2n) is 3.81. The van der Waals surface area contributed by atoms with Gasteiger partial charge in [0, 0.05) is 14.9 Å². The first-order valence-corrected chi connectivity index (χ1v) is 7.03. The second kappa shape index (κ2) is 5.40. The van der Waals surface area contributed by atoms with E-state index in [4.69, 9.17) is 28.9 Å². The molecule has 0 aliphatic carbocycles. The maximum atomic E-state index is 6.27. The number of nitrogens with two attached hydrogens (primary N) is 1. The largest absolute Gasteiger partial charge is 0.320 e. The van der Waals surface area contributed by atoms with Crippen LogP contribution < -0.4 is 5.73 Å². The summed E-state index contributed by atoms with van der Waals surface area (Å²) in [7, 11) is 0. The Hall–Kier alpha value is -0.540. The standard InChI is InChI=1S/C13H13Cl2NS/c1-2-8-5-6-17-13(8)12(16)10-4-3-9(14)7-11(10)15/h3-7,12H,2,16H2,1H3. The molecule has 4 heteroatoms. The van der Waals surface area contributed by atoms with E-state index in [1.54, 1.807) is 17.4 Å². The monoisotopic (exact) mass is 285 g/mol. The predicted molar refractivity (Wildman–Crippen MR) is 76.2 cm³/mol. The smallest absolute Gasteiger partial charge is 0.0663 e. The zero-order valence-corrected chi connectivity index (χ0v) is 11.7. The van der Waals surface area contributed by atoms with Gasteiger partial charge in [0.05, 0.1) is 6.04 Å². The SMILES string of the molecule is CCc1ccsc1C(N)c1ccc(Cl)cc1Cl. The Kier molecular flexibility index (Phi) is 4.10. The van der Waals surface area contributed by atoms with E-state index < -0.39 is 0 Å². The highest BCUT2D eigenvalue weighted by atomic mass is 35.5. The minimum Gasteiger partial charge on any atom is -0.320 e. The molecule has 1 unspecified atom stereocenters. The maximum Gasteiger partial charge on any atom is 0.0663 e. The van der Waals surface area contributed by atoms with E-state index in [9.17, 15) is 0 Å². The fourth-order valence-corrected chi connectivity index (χ4v) is 3.35. The molecular weight excluding hydrogens is 273 g/mol. The Morgan fingerprint density at radius 2 is 2.06 bits per heavy atom. The molecular formula is C13H13Cl2NS. The third-order valence-electron chi connectivity index (χ3n) is 2.74. The summed E-state index contributed by atoms with van der Waals surface area (Å²) in [4.78, 5) is 1.18. The Morgan fingerprint density at radius 1 is 1.29 bits per heavy atom. The van der Waals surface area contributed by atoms with Gasteiger partial charge in [0.1, 0.15) is 0 Å². The summed E-state index contributed by atoms with van der Waals surface area (Å²) in [6, 6.07) is 7.40. The molecule has 2 N–H and O–H groups in total. The highest BCUT2D eigenvalue weighted by Crippen LogP contribution is 2.33. The molecule has 0 aliphatic rings. The number of halogens is 2. The molecule has 2 rings (SSSR count). The lowest BCUT2D eigenvalue weighted by molar-refractivity contribution is 0.874. The number of aryl methyl sites for hydroxylation is 1. The summed E-state index contributed by atoms with van der Waals surface area (Å²) >= 11 is 13.7. The van der Waals surface area contributed by atoms with Crippen molar-refractivity contribution in [2.24, 2.45) is 5.73 Å². The Labute approximate surface area is 115 Å². The molecule has 1 atom stereocenters. The van der Waals surface area contributed by atoms with E-state index in [0.717, 1.165) is 12.0 Å². The highest BCUT2D eigenvalue weighted by molar-refractivity contribution is 7.10. The summed E-state index contributed by atoms with van der Waals surface area (Å²) in [5, 5.41) is 3.32. The molecule has 1 aromatic carbocycles. The third kappa shape index (κ3) is 2.66. The minimum absolute atomic E-state index is 0.172. The first kappa shape index (κ1) is 12.9. The molecule has 1 nitrogen and oxygen atoms in total. The Morgan fingerprint density at radius 3 is 2.71 bits per heavy atom. The summed E-state index contributed by atoms with van der Waals surface area (Å²) < 4.78 is 0. The van der Waals surface area contributed by atoms with Crippen molar-refractivity contribution < 1.29 is 0 Å². The zero-order chi connectivity index (χ0) is 12.4. The van der Waals surface area contributed by atoms with Crippen LogP contribution in [0.2, 0.25) is 10.0 Å². The van der Waals surface area contributed by atoms with E-state index >= 15 is 0 Å². The number of rotatable bonds is 3. The number of thiophene rings is 1. The van der Waals surface area contributed by atoms with Crippen LogP contribution in [-0.2, 0) is 6.42 Å². The molecule has 90 valence electrons. The lowest BCUT2D eigenvalue weighted by Gasteiger charge is -2.14. The van der Waals surface area contributed by atoms with Crippen molar-refractivity contribution in [3.05, 3.63) is 55.7 Å².